The van der Waals surface area contributed by atoms with E-state index in [0.29, 0.717) is 22.4 Å². The van der Waals surface area contributed by atoms with E-state index in [0.717, 1.165) is 12.0 Å². The van der Waals surface area contributed by atoms with Gasteiger partial charge in [0.05, 0.1) is 13.5 Å². The number of benzene rings is 2. The summed E-state index contributed by atoms with van der Waals surface area (Å²) in [4.78, 5) is 35.7. The zero-order valence-corrected chi connectivity index (χ0v) is 15.1. The van der Waals surface area contributed by atoms with Crippen LogP contribution in [0.25, 0.3) is 0 Å². The number of rotatable bonds is 6. The van der Waals surface area contributed by atoms with Crippen LogP contribution in [0.15, 0.2) is 42.5 Å². The van der Waals surface area contributed by atoms with Crippen molar-refractivity contribution >= 4 is 17.6 Å². The van der Waals surface area contributed by atoms with Gasteiger partial charge in [0.15, 0.2) is 5.78 Å². The number of amides is 2. The number of aryl methyl sites for hydroxylation is 1. The SMILES string of the molecule is CCc1ccc(C(=O)NNC(=O)Cc2cc(C(C)=O)ccc2OC)cc1. The van der Waals surface area contributed by atoms with Gasteiger partial charge in [0, 0.05) is 16.7 Å². The largest absolute Gasteiger partial charge is 0.496 e. The Morgan fingerprint density at radius 1 is 0.962 bits per heavy atom. The lowest BCUT2D eigenvalue weighted by atomic mass is 10.0. The van der Waals surface area contributed by atoms with E-state index in [1.165, 1.54) is 14.0 Å². The van der Waals surface area contributed by atoms with Crippen molar-refractivity contribution in [3.8, 4) is 5.75 Å². The van der Waals surface area contributed by atoms with Gasteiger partial charge >= 0.3 is 0 Å². The molecule has 136 valence electrons. The summed E-state index contributed by atoms with van der Waals surface area (Å²) >= 11 is 0. The fourth-order valence-corrected chi connectivity index (χ4v) is 2.44. The fourth-order valence-electron chi connectivity index (χ4n) is 2.44. The second kappa shape index (κ2) is 8.80. The number of hydrogen-bond acceptors (Lipinski definition) is 4. The van der Waals surface area contributed by atoms with Crippen LogP contribution in [0.3, 0.4) is 0 Å². The molecule has 6 heteroatoms. The molecule has 0 saturated heterocycles. The highest BCUT2D eigenvalue weighted by Gasteiger charge is 2.13. The first kappa shape index (κ1) is 19.2. The van der Waals surface area contributed by atoms with E-state index < -0.39 is 11.8 Å². The van der Waals surface area contributed by atoms with Gasteiger partial charge in [-0.25, -0.2) is 0 Å². The summed E-state index contributed by atoms with van der Waals surface area (Å²) in [6, 6.07) is 12.1. The lowest BCUT2D eigenvalue weighted by Crippen LogP contribution is -2.42. The van der Waals surface area contributed by atoms with E-state index in [1.54, 1.807) is 30.3 Å². The molecule has 2 aromatic carbocycles. The Morgan fingerprint density at radius 3 is 2.19 bits per heavy atom. The molecule has 6 nitrogen and oxygen atoms in total. The summed E-state index contributed by atoms with van der Waals surface area (Å²) in [5.74, 6) is -0.405. The minimum absolute atomic E-state index is 0.0284. The lowest BCUT2D eigenvalue weighted by molar-refractivity contribution is -0.121. The summed E-state index contributed by atoms with van der Waals surface area (Å²) in [6.07, 6.45) is 0.860. The first-order valence-corrected chi connectivity index (χ1v) is 8.30. The van der Waals surface area contributed by atoms with Crippen molar-refractivity contribution in [1.82, 2.24) is 10.9 Å². The number of methoxy groups -OCH3 is 1. The van der Waals surface area contributed by atoms with E-state index in [2.05, 4.69) is 10.9 Å². The highest BCUT2D eigenvalue weighted by atomic mass is 16.5. The molecule has 0 aliphatic rings. The first-order valence-electron chi connectivity index (χ1n) is 8.30. The minimum atomic E-state index is -0.414. The van der Waals surface area contributed by atoms with Gasteiger partial charge in [0.2, 0.25) is 5.91 Å². The molecule has 0 radical (unpaired) electrons. The van der Waals surface area contributed by atoms with E-state index in [4.69, 9.17) is 4.74 Å². The van der Waals surface area contributed by atoms with Crippen molar-refractivity contribution in [3.63, 3.8) is 0 Å². The zero-order valence-electron chi connectivity index (χ0n) is 15.1. The van der Waals surface area contributed by atoms with Crippen LogP contribution in [0.5, 0.6) is 5.75 Å². The van der Waals surface area contributed by atoms with Crippen LogP contribution in [0.1, 0.15) is 45.7 Å². The minimum Gasteiger partial charge on any atom is -0.496 e. The van der Waals surface area contributed by atoms with Gasteiger partial charge in [0.25, 0.3) is 5.91 Å². The number of ether oxygens (including phenoxy) is 1. The van der Waals surface area contributed by atoms with Crippen molar-refractivity contribution in [2.24, 2.45) is 0 Å². The average molecular weight is 354 g/mol. The van der Waals surface area contributed by atoms with E-state index in [9.17, 15) is 14.4 Å². The molecule has 0 spiro atoms. The van der Waals surface area contributed by atoms with Crippen LogP contribution in [-0.2, 0) is 17.6 Å². The summed E-state index contributed by atoms with van der Waals surface area (Å²) in [5.41, 5.74) is 7.41. The maximum absolute atomic E-state index is 12.1. The Balaban J connectivity index is 1.98. The van der Waals surface area contributed by atoms with Gasteiger partial charge in [-0.1, -0.05) is 19.1 Å². The molecule has 2 N–H and O–H groups in total. The van der Waals surface area contributed by atoms with Crippen LogP contribution < -0.4 is 15.6 Å². The molecule has 0 aliphatic heterocycles. The third-order valence-corrected chi connectivity index (χ3v) is 3.98. The van der Waals surface area contributed by atoms with Gasteiger partial charge in [-0.05, 0) is 49.2 Å². The summed E-state index contributed by atoms with van der Waals surface area (Å²) in [7, 11) is 1.49. The molecule has 0 atom stereocenters. The topological polar surface area (TPSA) is 84.5 Å². The maximum Gasteiger partial charge on any atom is 0.269 e. The van der Waals surface area contributed by atoms with Crippen LogP contribution >= 0.6 is 0 Å². The molecule has 2 aromatic rings. The zero-order chi connectivity index (χ0) is 19.1. The van der Waals surface area contributed by atoms with Gasteiger partial charge in [-0.2, -0.15) is 0 Å². The van der Waals surface area contributed by atoms with Gasteiger partial charge in [-0.15, -0.1) is 0 Å². The Labute approximate surface area is 152 Å². The van der Waals surface area contributed by atoms with Crippen molar-refractivity contribution in [2.75, 3.05) is 7.11 Å². The van der Waals surface area contributed by atoms with Crippen LogP contribution in [0.2, 0.25) is 0 Å². The average Bonchev–Trinajstić information content (AvgIpc) is 2.66. The second-order valence-electron chi connectivity index (χ2n) is 5.81. The quantitative estimate of drug-likeness (QED) is 0.616. The predicted molar refractivity (Wildman–Crippen MR) is 98.1 cm³/mol. The number of carbonyl (C=O) groups is 3. The highest BCUT2D eigenvalue weighted by Crippen LogP contribution is 2.20. The normalized spacial score (nSPS) is 10.1. The number of ketones is 1. The monoisotopic (exact) mass is 354 g/mol. The van der Waals surface area contributed by atoms with Crippen LogP contribution in [0, 0.1) is 0 Å². The first-order chi connectivity index (χ1) is 12.4. The molecule has 0 unspecified atom stereocenters. The van der Waals surface area contributed by atoms with Gasteiger partial charge in [0.1, 0.15) is 5.75 Å². The van der Waals surface area contributed by atoms with E-state index >= 15 is 0 Å². The van der Waals surface area contributed by atoms with Crippen LogP contribution in [-0.4, -0.2) is 24.7 Å². The number of Topliss-reactive ketones (excluding diaryl/α,β-unsaturated/α-hetero) is 1. The summed E-state index contributed by atoms with van der Waals surface area (Å²) in [5, 5.41) is 0. The molecular formula is C20H22N2O4. The van der Waals surface area contributed by atoms with Gasteiger partial charge < -0.3 is 4.74 Å². The Morgan fingerprint density at radius 2 is 1.62 bits per heavy atom. The molecular weight excluding hydrogens is 332 g/mol. The molecule has 0 saturated carbocycles. The molecule has 2 amide bonds. The maximum atomic E-state index is 12.1. The van der Waals surface area contributed by atoms with E-state index in [1.807, 2.05) is 19.1 Å². The third-order valence-electron chi connectivity index (χ3n) is 3.98. The van der Waals surface area contributed by atoms with Crippen molar-refractivity contribution < 1.29 is 19.1 Å². The van der Waals surface area contributed by atoms with Crippen molar-refractivity contribution in [3.05, 3.63) is 64.7 Å². The molecule has 2 rings (SSSR count). The van der Waals surface area contributed by atoms with Crippen molar-refractivity contribution in [2.45, 2.75) is 26.7 Å². The molecule has 0 fully saturated rings. The lowest BCUT2D eigenvalue weighted by Gasteiger charge is -2.11. The molecule has 0 bridgehead atoms. The van der Waals surface area contributed by atoms with E-state index in [-0.39, 0.29) is 12.2 Å². The molecule has 0 aromatic heterocycles. The molecule has 0 heterocycles. The smallest absolute Gasteiger partial charge is 0.269 e. The van der Waals surface area contributed by atoms with Crippen LogP contribution in [0.4, 0.5) is 0 Å². The Bertz CT molecular complexity index is 813. The summed E-state index contributed by atoms with van der Waals surface area (Å²) < 4.78 is 5.22. The van der Waals surface area contributed by atoms with Gasteiger partial charge in [-0.3, -0.25) is 25.2 Å². The Hall–Kier alpha value is -3.15. The molecule has 26 heavy (non-hydrogen) atoms. The predicted octanol–water partition coefficient (Wildman–Crippen LogP) is 2.46. The summed E-state index contributed by atoms with van der Waals surface area (Å²) in [6.45, 7) is 3.49. The number of carbonyl (C=O) groups excluding carboxylic acids is 3. The molecule has 0 aliphatic carbocycles. The number of hydrazine groups is 1. The highest BCUT2D eigenvalue weighted by molar-refractivity contribution is 5.96. The number of nitrogens with one attached hydrogen (secondary N) is 2. The number of hydrogen-bond donors (Lipinski definition) is 2. The Kier molecular flexibility index (Phi) is 6.49. The standard InChI is InChI=1S/C20H22N2O4/c1-4-14-5-7-15(8-6-14)20(25)22-21-19(24)12-17-11-16(13(2)23)9-10-18(17)26-3/h5-11H,4,12H2,1-3H3,(H,21,24)(H,22,25). The second-order valence-corrected chi connectivity index (χ2v) is 5.81. The fraction of sp³-hybridized carbons (Fsp3) is 0.250. The van der Waals surface area contributed by atoms with Crippen molar-refractivity contribution in [1.29, 1.82) is 0 Å². The third kappa shape index (κ3) is 4.92.